The molecule has 0 bridgehead atoms. The quantitative estimate of drug-likeness (QED) is 0.483. The van der Waals surface area contributed by atoms with Gasteiger partial charge in [0.2, 0.25) is 0 Å². The number of aryl methyl sites for hydroxylation is 1. The molecular weight excluding hydrogens is 427 g/mol. The minimum absolute atomic E-state index is 0.0890. The van der Waals surface area contributed by atoms with Gasteiger partial charge < -0.3 is 4.98 Å². The molecule has 0 radical (unpaired) electrons. The molecule has 0 spiro atoms. The lowest BCUT2D eigenvalue weighted by Crippen LogP contribution is -2.15. The molecule has 1 aliphatic carbocycles. The zero-order valence-electron chi connectivity index (χ0n) is 14.3. The van der Waals surface area contributed by atoms with E-state index in [1.165, 1.54) is 31.2 Å². The largest absolute Gasteiger partial charge is 0.310 e. The first-order chi connectivity index (χ1) is 12.2. The van der Waals surface area contributed by atoms with E-state index in [0.29, 0.717) is 17.0 Å². The van der Waals surface area contributed by atoms with Crippen molar-refractivity contribution in [1.82, 2.24) is 19.7 Å². The van der Waals surface area contributed by atoms with Crippen LogP contribution in [0.2, 0.25) is 0 Å². The number of halogens is 1. The third kappa shape index (κ3) is 3.12. The van der Waals surface area contributed by atoms with Crippen LogP contribution in [0, 0.1) is 12.8 Å². The molecule has 2 heterocycles. The fourth-order valence-corrected chi connectivity index (χ4v) is 4.46. The monoisotopic (exact) mass is 448 g/mol. The Morgan fingerprint density at radius 2 is 2.12 bits per heavy atom. The molecule has 0 amide bonds. The van der Waals surface area contributed by atoms with Crippen molar-refractivity contribution in [3.05, 3.63) is 51.7 Å². The summed E-state index contributed by atoms with van der Waals surface area (Å²) in [5.41, 5.74) is 3.95. The van der Waals surface area contributed by atoms with E-state index in [9.17, 15) is 4.79 Å². The van der Waals surface area contributed by atoms with E-state index in [1.54, 1.807) is 6.20 Å². The number of aromatic nitrogens is 4. The molecule has 1 aliphatic rings. The van der Waals surface area contributed by atoms with Crippen LogP contribution in [0.4, 0.5) is 0 Å². The van der Waals surface area contributed by atoms with E-state index in [0.717, 1.165) is 27.9 Å². The summed E-state index contributed by atoms with van der Waals surface area (Å²) in [6, 6.07) is 6.24. The van der Waals surface area contributed by atoms with Crippen molar-refractivity contribution >= 4 is 33.6 Å². The van der Waals surface area contributed by atoms with Crippen LogP contribution in [-0.4, -0.2) is 19.7 Å². The summed E-state index contributed by atoms with van der Waals surface area (Å²) in [6.45, 7) is 2.07. The number of hydrogen-bond donors (Lipinski definition) is 1. The van der Waals surface area contributed by atoms with Crippen LogP contribution in [0.15, 0.2) is 29.2 Å². The summed E-state index contributed by atoms with van der Waals surface area (Å²) in [7, 11) is 0. The van der Waals surface area contributed by atoms with Crippen LogP contribution in [0.1, 0.15) is 42.6 Å². The third-order valence-corrected chi connectivity index (χ3v) is 5.94. The van der Waals surface area contributed by atoms with Gasteiger partial charge in [-0.15, -0.1) is 0 Å². The number of rotatable bonds is 4. The lowest BCUT2D eigenvalue weighted by molar-refractivity contribution is 0.530. The molecule has 6 heteroatoms. The second-order valence-electron chi connectivity index (χ2n) is 6.88. The Bertz CT molecular complexity index is 969. The van der Waals surface area contributed by atoms with E-state index in [4.69, 9.17) is 4.98 Å². The molecular formula is C19H21IN4O. The Morgan fingerprint density at radius 3 is 2.88 bits per heavy atom. The van der Waals surface area contributed by atoms with Crippen molar-refractivity contribution in [2.24, 2.45) is 5.92 Å². The first-order valence-electron chi connectivity index (χ1n) is 8.79. The second-order valence-corrected chi connectivity index (χ2v) is 7.64. The number of alkyl halides is 1. The molecule has 1 N–H and O–H groups in total. The molecule has 4 rings (SSSR count). The lowest BCUT2D eigenvalue weighted by Gasteiger charge is -2.12. The fraction of sp³-hybridized carbons (Fsp3) is 0.421. The predicted octanol–water partition coefficient (Wildman–Crippen LogP) is 4.08. The van der Waals surface area contributed by atoms with E-state index < -0.39 is 0 Å². The minimum atomic E-state index is -0.0890. The van der Waals surface area contributed by atoms with Crippen LogP contribution in [0.25, 0.3) is 16.7 Å². The summed E-state index contributed by atoms with van der Waals surface area (Å²) in [5, 5.41) is 5.05. The van der Waals surface area contributed by atoms with Crippen LogP contribution in [0.3, 0.4) is 0 Å². The summed E-state index contributed by atoms with van der Waals surface area (Å²) in [6.07, 6.45) is 7.53. The average Bonchev–Trinajstić information content (AvgIpc) is 3.25. The van der Waals surface area contributed by atoms with Crippen LogP contribution in [-0.2, 0) is 10.8 Å². The molecule has 1 aromatic carbocycles. The normalized spacial score (nSPS) is 15.3. The number of H-pyrrole nitrogens is 1. The van der Waals surface area contributed by atoms with Crippen molar-refractivity contribution in [2.45, 2.75) is 43.5 Å². The van der Waals surface area contributed by atoms with E-state index >= 15 is 0 Å². The smallest absolute Gasteiger partial charge is 0.262 e. The number of hydrogen-bond acceptors (Lipinski definition) is 3. The summed E-state index contributed by atoms with van der Waals surface area (Å²) in [4.78, 5) is 20.3. The third-order valence-electron chi connectivity index (χ3n) is 5.12. The Hall–Kier alpha value is -1.70. The van der Waals surface area contributed by atoms with E-state index in [-0.39, 0.29) is 5.56 Å². The summed E-state index contributed by atoms with van der Waals surface area (Å²) >= 11 is 2.36. The number of benzene rings is 1. The standard InChI is InChI=1S/C19H21IN4O/c1-12-5-4-8-14(10-20)17(12)24-18-15(11-21-24)19(25)23-16(22-18)9-13-6-2-3-7-13/h4-5,8,11,13H,2-3,6-7,9-10H2,1H3,(H,22,23,25). The van der Waals surface area contributed by atoms with Gasteiger partial charge in [-0.3, -0.25) is 4.79 Å². The highest BCUT2D eigenvalue weighted by Gasteiger charge is 2.19. The van der Waals surface area contributed by atoms with Gasteiger partial charge in [-0.1, -0.05) is 66.5 Å². The first kappa shape index (κ1) is 16.8. The Morgan fingerprint density at radius 1 is 1.32 bits per heavy atom. The van der Waals surface area contributed by atoms with Crippen molar-refractivity contribution in [3.8, 4) is 5.69 Å². The highest BCUT2D eigenvalue weighted by atomic mass is 127. The molecule has 3 aromatic rings. The molecule has 1 fully saturated rings. The van der Waals surface area contributed by atoms with Crippen LogP contribution >= 0.6 is 22.6 Å². The molecule has 0 aliphatic heterocycles. The summed E-state index contributed by atoms with van der Waals surface area (Å²) < 4.78 is 2.72. The average molecular weight is 448 g/mol. The van der Waals surface area contributed by atoms with Crippen molar-refractivity contribution in [2.75, 3.05) is 0 Å². The van der Waals surface area contributed by atoms with E-state index in [2.05, 4.69) is 57.8 Å². The molecule has 1 saturated carbocycles. The second kappa shape index (κ2) is 6.90. The molecule has 0 unspecified atom stereocenters. The zero-order valence-corrected chi connectivity index (χ0v) is 16.4. The van der Waals surface area contributed by atoms with Crippen molar-refractivity contribution < 1.29 is 0 Å². The van der Waals surface area contributed by atoms with Gasteiger partial charge in [0, 0.05) is 10.8 Å². The Labute approximate surface area is 160 Å². The van der Waals surface area contributed by atoms with E-state index in [1.807, 2.05) is 4.68 Å². The Balaban J connectivity index is 1.85. The highest BCUT2D eigenvalue weighted by Crippen LogP contribution is 2.28. The predicted molar refractivity (Wildman–Crippen MR) is 108 cm³/mol. The zero-order chi connectivity index (χ0) is 17.4. The number of aromatic amines is 1. The van der Waals surface area contributed by atoms with Crippen molar-refractivity contribution in [3.63, 3.8) is 0 Å². The minimum Gasteiger partial charge on any atom is -0.310 e. The molecule has 0 atom stereocenters. The SMILES string of the molecule is Cc1cccc(CI)c1-n1ncc2c(=O)[nH]c(CC3CCCC3)nc21. The fourth-order valence-electron chi connectivity index (χ4n) is 3.84. The van der Waals surface area contributed by atoms with Crippen LogP contribution < -0.4 is 5.56 Å². The maximum Gasteiger partial charge on any atom is 0.262 e. The number of nitrogens with one attached hydrogen (secondary N) is 1. The van der Waals surface area contributed by atoms with Crippen molar-refractivity contribution in [1.29, 1.82) is 0 Å². The molecule has 2 aromatic heterocycles. The van der Waals surface area contributed by atoms with Gasteiger partial charge in [0.15, 0.2) is 5.65 Å². The Kier molecular flexibility index (Phi) is 4.62. The number of fused-ring (bicyclic) bond motifs is 1. The lowest BCUT2D eigenvalue weighted by atomic mass is 10.0. The number of nitrogens with zero attached hydrogens (tertiary/aromatic N) is 3. The maximum absolute atomic E-state index is 12.5. The molecule has 0 saturated heterocycles. The summed E-state index contributed by atoms with van der Waals surface area (Å²) in [5.74, 6) is 1.43. The number of para-hydroxylation sites is 1. The van der Waals surface area contributed by atoms with Gasteiger partial charge in [0.1, 0.15) is 11.2 Å². The first-order valence-corrected chi connectivity index (χ1v) is 10.3. The molecule has 25 heavy (non-hydrogen) atoms. The van der Waals surface area contributed by atoms with Gasteiger partial charge in [-0.25, -0.2) is 9.67 Å². The van der Waals surface area contributed by atoms with Gasteiger partial charge in [0.25, 0.3) is 5.56 Å². The molecule has 130 valence electrons. The van der Waals surface area contributed by atoms with Gasteiger partial charge in [-0.05, 0) is 24.0 Å². The maximum atomic E-state index is 12.5. The van der Waals surface area contributed by atoms with Gasteiger partial charge in [-0.2, -0.15) is 5.10 Å². The van der Waals surface area contributed by atoms with Gasteiger partial charge >= 0.3 is 0 Å². The topological polar surface area (TPSA) is 63.6 Å². The van der Waals surface area contributed by atoms with Gasteiger partial charge in [0.05, 0.1) is 11.9 Å². The molecule has 5 nitrogen and oxygen atoms in total. The highest BCUT2D eigenvalue weighted by molar-refractivity contribution is 14.1. The van der Waals surface area contributed by atoms with Crippen LogP contribution in [0.5, 0.6) is 0 Å².